The zero-order valence-corrected chi connectivity index (χ0v) is 18.0. The van der Waals surface area contributed by atoms with E-state index in [1.807, 2.05) is 6.92 Å². The summed E-state index contributed by atoms with van der Waals surface area (Å²) in [5.74, 6) is 0.257. The summed E-state index contributed by atoms with van der Waals surface area (Å²) in [6.07, 6.45) is 7.44. The Labute approximate surface area is 180 Å². The first-order valence-corrected chi connectivity index (χ1v) is 10.2. The van der Waals surface area contributed by atoms with Gasteiger partial charge in [-0.2, -0.15) is 4.98 Å². The van der Waals surface area contributed by atoms with Crippen molar-refractivity contribution in [2.24, 2.45) is 0 Å². The predicted molar refractivity (Wildman–Crippen MR) is 120 cm³/mol. The number of unbranched alkanes of at least 4 members (excludes halogenated alkanes) is 1. The van der Waals surface area contributed by atoms with Crippen molar-refractivity contribution < 1.29 is 9.59 Å². The number of fused-ring (bicyclic) bond motifs is 1. The molecule has 162 valence electrons. The first kappa shape index (κ1) is 22.1. The maximum atomic E-state index is 12.8. The number of hydrogen-bond donors (Lipinski definition) is 3. The first-order valence-electron chi connectivity index (χ1n) is 10.2. The molecule has 0 saturated heterocycles. The number of ketones is 1. The number of amides is 1. The second-order valence-electron chi connectivity index (χ2n) is 7.79. The molecule has 0 unspecified atom stereocenters. The summed E-state index contributed by atoms with van der Waals surface area (Å²) < 4.78 is 0. The van der Waals surface area contributed by atoms with Crippen LogP contribution in [-0.4, -0.2) is 43.7 Å². The molecular weight excluding hydrogens is 394 g/mol. The van der Waals surface area contributed by atoms with Crippen molar-refractivity contribution >= 4 is 34.5 Å². The fourth-order valence-corrected chi connectivity index (χ4v) is 3.29. The largest absolute Gasteiger partial charge is 0.368 e. The molecule has 1 amide bonds. The minimum Gasteiger partial charge on any atom is -0.368 e. The molecule has 3 aromatic heterocycles. The van der Waals surface area contributed by atoms with Gasteiger partial charge in [-0.3, -0.25) is 14.6 Å². The van der Waals surface area contributed by atoms with E-state index in [0.717, 1.165) is 19.3 Å². The number of nitrogen functional groups attached to an aromatic ring is 1. The van der Waals surface area contributed by atoms with Crippen LogP contribution in [0.1, 0.15) is 56.0 Å². The molecule has 3 heterocycles. The average Bonchev–Trinajstić information content (AvgIpc) is 2.76. The molecule has 31 heavy (non-hydrogen) atoms. The number of nitrogens with one attached hydrogen (secondary N) is 2. The average molecular weight is 422 g/mol. The molecule has 0 fully saturated rings. The van der Waals surface area contributed by atoms with Gasteiger partial charge in [0.2, 0.25) is 11.9 Å². The topological polar surface area (TPSA) is 136 Å². The summed E-state index contributed by atoms with van der Waals surface area (Å²) in [6, 6.07) is 4.95. The maximum Gasteiger partial charge on any atom is 0.222 e. The lowest BCUT2D eigenvalue weighted by molar-refractivity contribution is -0.119. The van der Waals surface area contributed by atoms with E-state index in [1.54, 1.807) is 30.6 Å². The van der Waals surface area contributed by atoms with Crippen molar-refractivity contribution in [1.29, 1.82) is 0 Å². The monoisotopic (exact) mass is 421 g/mol. The van der Waals surface area contributed by atoms with Gasteiger partial charge < -0.3 is 16.4 Å². The molecule has 0 saturated carbocycles. The van der Waals surface area contributed by atoms with E-state index in [9.17, 15) is 9.59 Å². The highest BCUT2D eigenvalue weighted by molar-refractivity contribution is 6.10. The number of nitrogens with zero attached hydrogens (tertiary/aromatic N) is 4. The van der Waals surface area contributed by atoms with Gasteiger partial charge in [-0.25, -0.2) is 9.97 Å². The Kier molecular flexibility index (Phi) is 6.74. The van der Waals surface area contributed by atoms with E-state index < -0.39 is 5.54 Å². The van der Waals surface area contributed by atoms with Gasteiger partial charge >= 0.3 is 0 Å². The van der Waals surface area contributed by atoms with Crippen LogP contribution in [0.3, 0.4) is 0 Å². The smallest absolute Gasteiger partial charge is 0.222 e. The van der Waals surface area contributed by atoms with Crippen LogP contribution in [0.2, 0.25) is 0 Å². The Morgan fingerprint density at radius 1 is 1.16 bits per heavy atom. The second-order valence-corrected chi connectivity index (χ2v) is 7.79. The van der Waals surface area contributed by atoms with Crippen molar-refractivity contribution in [3.8, 4) is 0 Å². The van der Waals surface area contributed by atoms with Crippen LogP contribution in [0, 0.1) is 0 Å². The summed E-state index contributed by atoms with van der Waals surface area (Å²) in [4.78, 5) is 41.2. The molecule has 3 rings (SSSR count). The lowest BCUT2D eigenvalue weighted by atomic mass is 9.94. The van der Waals surface area contributed by atoms with Crippen molar-refractivity contribution in [1.82, 2.24) is 25.3 Å². The van der Waals surface area contributed by atoms with E-state index >= 15 is 0 Å². The summed E-state index contributed by atoms with van der Waals surface area (Å²) in [5.41, 5.74) is 7.38. The molecule has 0 spiro atoms. The van der Waals surface area contributed by atoms with Crippen molar-refractivity contribution in [3.05, 3.63) is 47.9 Å². The Bertz CT molecular complexity index is 1090. The van der Waals surface area contributed by atoms with Gasteiger partial charge in [0.15, 0.2) is 11.6 Å². The van der Waals surface area contributed by atoms with Crippen LogP contribution in [0.15, 0.2) is 36.8 Å². The molecular formula is C22H27N7O2. The fraction of sp³-hybridized carbons (Fsp3) is 0.364. The first-order chi connectivity index (χ1) is 14.8. The molecule has 0 radical (unpaired) electrons. The predicted octanol–water partition coefficient (Wildman–Crippen LogP) is 2.73. The number of carbonyl (C=O) groups is 2. The Morgan fingerprint density at radius 2 is 1.90 bits per heavy atom. The van der Waals surface area contributed by atoms with Gasteiger partial charge in [0.05, 0.1) is 11.1 Å². The maximum absolute atomic E-state index is 12.8. The minimum atomic E-state index is -0.456. The molecule has 1 atom stereocenters. The number of carbonyl (C=O) groups excluding carboxylic acids is 2. The molecule has 0 aromatic carbocycles. The molecule has 0 aliphatic carbocycles. The minimum absolute atomic E-state index is 0.0719. The normalized spacial score (nSPS) is 12.9. The fourth-order valence-electron chi connectivity index (χ4n) is 3.29. The Hall–Kier alpha value is -3.62. The van der Waals surface area contributed by atoms with Gasteiger partial charge in [0.25, 0.3) is 0 Å². The molecule has 3 aromatic rings. The standard InChI is InChI=1S/C22H27N7O2/c1-4-5-8-22(3,13-26-14(2)30)29-20-18-17(27-21(23)28-20)11-16(12-25-18)19(31)15-6-9-24-10-7-15/h6-7,9-12H,4-5,8,13H2,1-3H3,(H,26,30)(H3,23,27,28,29)/t22-/m1/s1. The molecule has 0 bridgehead atoms. The quantitative estimate of drug-likeness (QED) is 0.449. The molecule has 9 nitrogen and oxygen atoms in total. The Balaban J connectivity index is 1.96. The highest BCUT2D eigenvalue weighted by Crippen LogP contribution is 2.26. The number of rotatable bonds is 9. The van der Waals surface area contributed by atoms with E-state index in [-0.39, 0.29) is 17.6 Å². The molecule has 4 N–H and O–H groups in total. The van der Waals surface area contributed by atoms with Crippen LogP contribution in [0.5, 0.6) is 0 Å². The molecule has 9 heteroatoms. The summed E-state index contributed by atoms with van der Waals surface area (Å²) in [6.45, 7) is 6.04. The molecule has 0 aliphatic heterocycles. The van der Waals surface area contributed by atoms with Crippen molar-refractivity contribution in [3.63, 3.8) is 0 Å². The molecule has 0 aliphatic rings. The van der Waals surface area contributed by atoms with Gasteiger partial charge in [-0.1, -0.05) is 19.8 Å². The highest BCUT2D eigenvalue weighted by atomic mass is 16.1. The lowest BCUT2D eigenvalue weighted by Gasteiger charge is -2.32. The van der Waals surface area contributed by atoms with E-state index in [4.69, 9.17) is 5.73 Å². The third-order valence-corrected chi connectivity index (χ3v) is 4.99. The van der Waals surface area contributed by atoms with E-state index in [1.165, 1.54) is 13.1 Å². The van der Waals surface area contributed by atoms with Gasteiger partial charge in [-0.15, -0.1) is 0 Å². The second kappa shape index (κ2) is 9.46. The van der Waals surface area contributed by atoms with Crippen LogP contribution in [0.4, 0.5) is 11.8 Å². The van der Waals surface area contributed by atoms with Crippen LogP contribution in [0.25, 0.3) is 11.0 Å². The summed E-state index contributed by atoms with van der Waals surface area (Å²) in [7, 11) is 0. The van der Waals surface area contributed by atoms with E-state index in [2.05, 4.69) is 37.5 Å². The lowest BCUT2D eigenvalue weighted by Crippen LogP contribution is -2.46. The zero-order valence-electron chi connectivity index (χ0n) is 18.0. The van der Waals surface area contributed by atoms with Crippen molar-refractivity contribution in [2.75, 3.05) is 17.6 Å². The van der Waals surface area contributed by atoms with Crippen LogP contribution >= 0.6 is 0 Å². The van der Waals surface area contributed by atoms with Crippen LogP contribution in [-0.2, 0) is 4.79 Å². The van der Waals surface area contributed by atoms with Gasteiger partial charge in [0.1, 0.15) is 5.52 Å². The Morgan fingerprint density at radius 3 is 2.58 bits per heavy atom. The highest BCUT2D eigenvalue weighted by Gasteiger charge is 2.26. The zero-order chi connectivity index (χ0) is 22.4. The number of aromatic nitrogens is 4. The SMILES string of the molecule is CCCC[C@](C)(CNC(C)=O)Nc1nc(N)nc2cc(C(=O)c3ccncc3)cnc12. The number of pyridine rings is 2. The third-order valence-electron chi connectivity index (χ3n) is 4.99. The van der Waals surface area contributed by atoms with Gasteiger partial charge in [-0.05, 0) is 31.5 Å². The summed E-state index contributed by atoms with van der Waals surface area (Å²) in [5, 5.41) is 6.28. The van der Waals surface area contributed by atoms with Gasteiger partial charge in [0, 0.05) is 43.2 Å². The summed E-state index contributed by atoms with van der Waals surface area (Å²) >= 11 is 0. The number of anilines is 2. The van der Waals surface area contributed by atoms with E-state index in [0.29, 0.717) is 34.5 Å². The van der Waals surface area contributed by atoms with Crippen LogP contribution < -0.4 is 16.4 Å². The third kappa shape index (κ3) is 5.50. The number of hydrogen-bond acceptors (Lipinski definition) is 8. The number of nitrogens with two attached hydrogens (primary N) is 1. The van der Waals surface area contributed by atoms with Crippen molar-refractivity contribution in [2.45, 2.75) is 45.6 Å².